The summed E-state index contributed by atoms with van der Waals surface area (Å²) in [5.74, 6) is -1.81. The van der Waals surface area contributed by atoms with Gasteiger partial charge in [0.2, 0.25) is 0 Å². The second kappa shape index (κ2) is 41.6. The monoisotopic (exact) mass is 618 g/mol. The molecule has 0 amide bonds. The van der Waals surface area contributed by atoms with Crippen molar-refractivity contribution in [3.8, 4) is 0 Å². The number of hydrogen-bond donors (Lipinski definition) is 0. The fourth-order valence-corrected chi connectivity index (χ4v) is 5.28. The van der Waals surface area contributed by atoms with Gasteiger partial charge >= 0.3 is 17.4 Å². The second-order valence-corrected chi connectivity index (χ2v) is 12.1. The molecule has 0 aliphatic rings. The maximum atomic E-state index is 10.2. The molecule has 0 fully saturated rings. The Morgan fingerprint density at radius 3 is 0.610 bits per heavy atom. The van der Waals surface area contributed by atoms with Gasteiger partial charge in [-0.1, -0.05) is 194 Å². The molecule has 0 heterocycles. The Bertz CT molecular complexity index is 454. The Kier molecular flexibility index (Phi) is 45.6. The molecule has 0 atom stereocenters. The van der Waals surface area contributed by atoms with Crippen molar-refractivity contribution < 1.29 is 37.2 Å². The molecule has 0 unspecified atom stereocenters. The quantitative estimate of drug-likeness (QED) is 0.0703. The van der Waals surface area contributed by atoms with Gasteiger partial charge in [0.05, 0.1) is 0 Å². The summed E-state index contributed by atoms with van der Waals surface area (Å²) in [6.07, 6.45) is 39.7. The Morgan fingerprint density at radius 1 is 0.317 bits per heavy atom. The van der Waals surface area contributed by atoms with Crippen LogP contribution in [0.15, 0.2) is 0 Å². The summed E-state index contributed by atoms with van der Waals surface area (Å²) in [5.41, 5.74) is 0. The van der Waals surface area contributed by atoms with Gasteiger partial charge in [0, 0.05) is 11.9 Å². The van der Waals surface area contributed by atoms with Crippen molar-refractivity contribution in [2.24, 2.45) is 0 Å². The summed E-state index contributed by atoms with van der Waals surface area (Å²) in [6.45, 7) is 4.53. The van der Waals surface area contributed by atoms with E-state index in [-0.39, 0.29) is 30.2 Å². The minimum atomic E-state index is -0.903. The SMILES string of the molecule is CCCCCCCCCCCCCCCCCC(=O)[O-].CCCCCCCCCCCCCCCCCC(=O)[O-].[Cr+3]. The first-order chi connectivity index (χ1) is 19.5. The first kappa shape index (κ1) is 44.9. The van der Waals surface area contributed by atoms with Crippen molar-refractivity contribution in [2.75, 3.05) is 0 Å². The number of aliphatic carboxylic acids is 2. The van der Waals surface area contributed by atoms with Gasteiger partial charge in [-0.05, 0) is 25.7 Å². The zero-order valence-electron chi connectivity index (χ0n) is 27.7. The molecule has 0 bridgehead atoms. The Balaban J connectivity index is -0.000000688. The fourth-order valence-electron chi connectivity index (χ4n) is 5.28. The van der Waals surface area contributed by atoms with Crippen LogP contribution in [0, 0.1) is 0 Å². The molecule has 5 heteroatoms. The van der Waals surface area contributed by atoms with E-state index in [4.69, 9.17) is 0 Å². The fraction of sp³-hybridized carbons (Fsp3) is 0.944. The van der Waals surface area contributed by atoms with E-state index in [0.29, 0.717) is 0 Å². The number of hydrogen-bond acceptors (Lipinski definition) is 4. The van der Waals surface area contributed by atoms with Crippen LogP contribution in [0.2, 0.25) is 0 Å². The smallest absolute Gasteiger partial charge is 0.550 e. The van der Waals surface area contributed by atoms with E-state index in [9.17, 15) is 19.8 Å². The normalized spacial score (nSPS) is 10.6. The summed E-state index contributed by atoms with van der Waals surface area (Å²) in [6, 6.07) is 0. The van der Waals surface area contributed by atoms with Crippen molar-refractivity contribution in [3.63, 3.8) is 0 Å². The van der Waals surface area contributed by atoms with Crippen LogP contribution in [0.1, 0.15) is 219 Å². The van der Waals surface area contributed by atoms with Gasteiger partial charge in [-0.25, -0.2) is 0 Å². The van der Waals surface area contributed by atoms with Crippen molar-refractivity contribution in [3.05, 3.63) is 0 Å². The van der Waals surface area contributed by atoms with E-state index >= 15 is 0 Å². The average Bonchev–Trinajstić information content (AvgIpc) is 2.93. The predicted molar refractivity (Wildman–Crippen MR) is 169 cm³/mol. The van der Waals surface area contributed by atoms with Crippen LogP contribution in [0.3, 0.4) is 0 Å². The van der Waals surface area contributed by atoms with E-state index in [1.165, 1.54) is 167 Å². The molecule has 0 rings (SSSR count). The van der Waals surface area contributed by atoms with E-state index in [2.05, 4.69) is 13.8 Å². The molecule has 0 aliphatic carbocycles. The maximum absolute atomic E-state index is 10.2. The molecule has 1 radical (unpaired) electrons. The van der Waals surface area contributed by atoms with Crippen molar-refractivity contribution in [1.82, 2.24) is 0 Å². The van der Waals surface area contributed by atoms with Crippen LogP contribution in [0.5, 0.6) is 0 Å². The zero-order valence-corrected chi connectivity index (χ0v) is 28.9. The molecule has 0 aromatic carbocycles. The first-order valence-electron chi connectivity index (χ1n) is 17.9. The number of unbranched alkanes of at least 4 members (excludes halogenated alkanes) is 28. The molecule has 0 saturated heterocycles. The number of carboxylic acids is 2. The summed E-state index contributed by atoms with van der Waals surface area (Å²) in [4.78, 5) is 20.4. The molecular weight excluding hydrogens is 548 g/mol. The van der Waals surface area contributed by atoms with Crippen LogP contribution >= 0.6 is 0 Å². The molecule has 0 aliphatic heterocycles. The van der Waals surface area contributed by atoms with Gasteiger partial charge < -0.3 is 19.8 Å². The van der Waals surface area contributed by atoms with Gasteiger partial charge in [-0.15, -0.1) is 0 Å². The number of carbonyl (C=O) groups excluding carboxylic acids is 2. The van der Waals surface area contributed by atoms with Crippen molar-refractivity contribution >= 4 is 11.9 Å². The van der Waals surface area contributed by atoms with E-state index in [1.54, 1.807) is 0 Å². The summed E-state index contributed by atoms with van der Waals surface area (Å²) in [5, 5.41) is 20.4. The zero-order chi connectivity index (χ0) is 29.8. The Labute approximate surface area is 267 Å². The van der Waals surface area contributed by atoms with Crippen LogP contribution in [0.4, 0.5) is 0 Å². The third-order valence-corrected chi connectivity index (χ3v) is 7.97. The molecule has 0 aromatic heterocycles. The molecule has 41 heavy (non-hydrogen) atoms. The predicted octanol–water partition coefficient (Wildman–Crippen LogP) is 9.99. The molecule has 0 saturated carbocycles. The number of carboxylic acid groups (broad SMARTS) is 2. The summed E-state index contributed by atoms with van der Waals surface area (Å²) < 4.78 is 0. The largest absolute Gasteiger partial charge is 3.00 e. The standard InChI is InChI=1S/2C18H36O2.Cr/c2*1-2-3-4-5-6-7-8-9-10-11-12-13-14-15-16-17-18(19)20;/h2*2-17H2,1H3,(H,19,20);/q;;+3/p-2. The second-order valence-electron chi connectivity index (χ2n) is 12.1. The van der Waals surface area contributed by atoms with Crippen LogP contribution in [-0.2, 0) is 27.0 Å². The molecule has 0 N–H and O–H groups in total. The Hall–Kier alpha value is -0.528. The molecule has 0 spiro atoms. The maximum Gasteiger partial charge on any atom is 3.00 e. The molecule has 243 valence electrons. The minimum Gasteiger partial charge on any atom is -0.550 e. The van der Waals surface area contributed by atoms with Crippen molar-refractivity contribution in [2.45, 2.75) is 219 Å². The van der Waals surface area contributed by atoms with Crippen LogP contribution in [0.25, 0.3) is 0 Å². The van der Waals surface area contributed by atoms with Crippen LogP contribution < -0.4 is 10.2 Å². The molecule has 4 nitrogen and oxygen atoms in total. The third kappa shape index (κ3) is 49.5. The van der Waals surface area contributed by atoms with E-state index in [0.717, 1.165) is 25.7 Å². The van der Waals surface area contributed by atoms with Gasteiger partial charge in [0.1, 0.15) is 0 Å². The van der Waals surface area contributed by atoms with Crippen LogP contribution in [-0.4, -0.2) is 11.9 Å². The van der Waals surface area contributed by atoms with Gasteiger partial charge in [0.15, 0.2) is 0 Å². The number of rotatable bonds is 32. The van der Waals surface area contributed by atoms with Crippen molar-refractivity contribution in [1.29, 1.82) is 0 Å². The average molecular weight is 619 g/mol. The van der Waals surface area contributed by atoms with E-state index in [1.807, 2.05) is 0 Å². The molecule has 0 aromatic rings. The Morgan fingerprint density at radius 2 is 0.463 bits per heavy atom. The first-order valence-corrected chi connectivity index (χ1v) is 17.9. The summed E-state index contributed by atoms with van der Waals surface area (Å²) in [7, 11) is 0. The van der Waals surface area contributed by atoms with Gasteiger partial charge in [0.25, 0.3) is 0 Å². The third-order valence-electron chi connectivity index (χ3n) is 7.97. The van der Waals surface area contributed by atoms with Gasteiger partial charge in [-0.2, -0.15) is 0 Å². The molecular formula is C36H70CrO4+. The minimum absolute atomic E-state index is 0. The summed E-state index contributed by atoms with van der Waals surface area (Å²) >= 11 is 0. The van der Waals surface area contributed by atoms with Gasteiger partial charge in [-0.3, -0.25) is 0 Å². The number of carbonyl (C=O) groups is 2. The topological polar surface area (TPSA) is 80.3 Å². The van der Waals surface area contributed by atoms with E-state index < -0.39 is 11.9 Å².